The van der Waals surface area contributed by atoms with Crippen LogP contribution in [0.4, 0.5) is 5.69 Å². The van der Waals surface area contributed by atoms with Gasteiger partial charge >= 0.3 is 0 Å². The molecule has 1 N–H and O–H groups in total. The summed E-state index contributed by atoms with van der Waals surface area (Å²) in [4.78, 5) is 28.8. The molecule has 214 valence electrons. The number of rotatable bonds is 13. The van der Waals surface area contributed by atoms with Crippen LogP contribution in [0.2, 0.25) is 10.0 Å². The molecule has 2 amide bonds. The molecule has 0 heterocycles. The van der Waals surface area contributed by atoms with E-state index < -0.39 is 28.5 Å². The molecule has 0 radical (unpaired) electrons. The fraction of sp³-hybridized carbons (Fsp3) is 0.333. The molecule has 0 saturated carbocycles. The second kappa shape index (κ2) is 14.5. The van der Waals surface area contributed by atoms with Crippen LogP contribution in [0.5, 0.6) is 0 Å². The third-order valence-corrected chi connectivity index (χ3v) is 8.97. The Bertz CT molecular complexity index is 1390. The van der Waals surface area contributed by atoms with Gasteiger partial charge in [0.25, 0.3) is 10.0 Å². The van der Waals surface area contributed by atoms with Gasteiger partial charge in [-0.25, -0.2) is 8.42 Å². The van der Waals surface area contributed by atoms with E-state index in [4.69, 9.17) is 23.2 Å². The van der Waals surface area contributed by atoms with Crippen molar-refractivity contribution in [1.82, 2.24) is 10.2 Å². The zero-order chi connectivity index (χ0) is 29.3. The number of nitrogens with one attached hydrogen (secondary N) is 1. The van der Waals surface area contributed by atoms with Crippen molar-refractivity contribution in [2.75, 3.05) is 17.4 Å². The van der Waals surface area contributed by atoms with Gasteiger partial charge in [0.2, 0.25) is 11.8 Å². The normalized spacial score (nSPS) is 12.8. The molecular formula is C30H35Cl2N3O4S. The fourth-order valence-electron chi connectivity index (χ4n) is 4.25. The number of amides is 2. The van der Waals surface area contributed by atoms with E-state index in [9.17, 15) is 18.0 Å². The Kier molecular flexibility index (Phi) is 11.4. The first-order valence-corrected chi connectivity index (χ1v) is 15.4. The minimum absolute atomic E-state index is 0.00575. The van der Waals surface area contributed by atoms with E-state index in [1.807, 2.05) is 51.1 Å². The van der Waals surface area contributed by atoms with E-state index in [0.717, 1.165) is 16.3 Å². The maximum absolute atomic E-state index is 14.0. The number of nitrogens with zero attached hydrogens (tertiary/aromatic N) is 2. The van der Waals surface area contributed by atoms with Gasteiger partial charge < -0.3 is 10.2 Å². The molecule has 0 saturated heterocycles. The summed E-state index contributed by atoms with van der Waals surface area (Å²) in [7, 11) is -4.20. The Hall–Kier alpha value is -3.07. The second-order valence-corrected chi connectivity index (χ2v) is 12.2. The number of carbonyl (C=O) groups is 2. The Morgan fingerprint density at radius 2 is 1.52 bits per heavy atom. The third-order valence-electron chi connectivity index (χ3n) is 6.66. The van der Waals surface area contributed by atoms with Crippen LogP contribution in [0.15, 0.2) is 83.8 Å². The maximum atomic E-state index is 14.0. The van der Waals surface area contributed by atoms with Gasteiger partial charge in [-0.2, -0.15) is 0 Å². The molecule has 0 aliphatic heterocycles. The number of halogens is 2. The predicted molar refractivity (Wildman–Crippen MR) is 161 cm³/mol. The zero-order valence-corrected chi connectivity index (χ0v) is 25.2. The van der Waals surface area contributed by atoms with Crippen LogP contribution in [0.25, 0.3) is 0 Å². The summed E-state index contributed by atoms with van der Waals surface area (Å²) in [6.07, 6.45) is 1.58. The molecule has 0 spiro atoms. The van der Waals surface area contributed by atoms with Gasteiger partial charge in [0, 0.05) is 17.6 Å². The van der Waals surface area contributed by atoms with Gasteiger partial charge in [-0.15, -0.1) is 0 Å². The molecule has 3 aromatic carbocycles. The molecule has 0 aliphatic rings. The predicted octanol–water partition coefficient (Wildman–Crippen LogP) is 5.95. The van der Waals surface area contributed by atoms with Gasteiger partial charge in [0.05, 0.1) is 15.6 Å². The summed E-state index contributed by atoms with van der Waals surface area (Å²) >= 11 is 12.5. The molecule has 0 bridgehead atoms. The van der Waals surface area contributed by atoms with E-state index in [1.165, 1.54) is 35.2 Å². The molecule has 0 fully saturated rings. The summed E-state index contributed by atoms with van der Waals surface area (Å²) in [5, 5.41) is 3.38. The number of anilines is 1. The largest absolute Gasteiger partial charge is 0.352 e. The van der Waals surface area contributed by atoms with Crippen molar-refractivity contribution in [3.8, 4) is 0 Å². The standard InChI is InChI=1S/C30H35Cl2N3O4S/c1-4-22(3)33-30(37)27(5-2)34(19-18-23-12-8-6-9-13-23)29(36)21-35(28-17-16-24(31)20-26(28)32)40(38,39)25-14-10-7-11-15-25/h6-17,20,22,27H,4-5,18-19,21H2,1-3H3,(H,33,37). The first-order chi connectivity index (χ1) is 19.1. The van der Waals surface area contributed by atoms with Crippen LogP contribution in [-0.2, 0) is 26.0 Å². The third kappa shape index (κ3) is 7.99. The summed E-state index contributed by atoms with van der Waals surface area (Å²) in [5.74, 6) is -0.798. The molecule has 3 aromatic rings. The number of carbonyl (C=O) groups excluding carboxylic acids is 2. The quantitative estimate of drug-likeness (QED) is 0.261. The molecule has 10 heteroatoms. The van der Waals surface area contributed by atoms with Crippen molar-refractivity contribution < 1.29 is 18.0 Å². The van der Waals surface area contributed by atoms with Crippen LogP contribution in [-0.4, -0.2) is 50.3 Å². The average Bonchev–Trinajstić information content (AvgIpc) is 2.95. The summed E-state index contributed by atoms with van der Waals surface area (Å²) in [6, 6.07) is 21.0. The molecule has 2 atom stereocenters. The van der Waals surface area contributed by atoms with E-state index >= 15 is 0 Å². The maximum Gasteiger partial charge on any atom is 0.264 e. The highest BCUT2D eigenvalue weighted by atomic mass is 35.5. The van der Waals surface area contributed by atoms with E-state index in [-0.39, 0.29) is 34.1 Å². The van der Waals surface area contributed by atoms with Crippen LogP contribution >= 0.6 is 23.2 Å². The highest BCUT2D eigenvalue weighted by Crippen LogP contribution is 2.33. The number of sulfonamides is 1. The fourth-order valence-corrected chi connectivity index (χ4v) is 6.27. The molecule has 2 unspecified atom stereocenters. The van der Waals surface area contributed by atoms with Gasteiger partial charge in [-0.3, -0.25) is 13.9 Å². The molecule has 0 aromatic heterocycles. The lowest BCUT2D eigenvalue weighted by Crippen LogP contribution is -2.54. The molecule has 3 rings (SSSR count). The van der Waals surface area contributed by atoms with Crippen molar-refractivity contribution in [2.24, 2.45) is 0 Å². The highest BCUT2D eigenvalue weighted by molar-refractivity contribution is 7.92. The van der Waals surface area contributed by atoms with Crippen LogP contribution in [0.1, 0.15) is 39.2 Å². The van der Waals surface area contributed by atoms with E-state index in [1.54, 1.807) is 18.2 Å². The van der Waals surface area contributed by atoms with Gasteiger partial charge in [-0.05, 0) is 62.1 Å². The van der Waals surface area contributed by atoms with Crippen molar-refractivity contribution in [2.45, 2.75) is 57.0 Å². The first kappa shape index (κ1) is 31.5. The molecule has 7 nitrogen and oxygen atoms in total. The van der Waals surface area contributed by atoms with Gasteiger partial charge in [-0.1, -0.05) is 85.6 Å². The zero-order valence-electron chi connectivity index (χ0n) is 22.9. The van der Waals surface area contributed by atoms with E-state index in [0.29, 0.717) is 17.9 Å². The Morgan fingerprint density at radius 3 is 2.10 bits per heavy atom. The lowest BCUT2D eigenvalue weighted by Gasteiger charge is -2.34. The lowest BCUT2D eigenvalue weighted by molar-refractivity contribution is -0.139. The minimum Gasteiger partial charge on any atom is -0.352 e. The second-order valence-electron chi connectivity index (χ2n) is 9.49. The lowest BCUT2D eigenvalue weighted by atomic mass is 10.1. The number of hydrogen-bond acceptors (Lipinski definition) is 4. The number of hydrogen-bond donors (Lipinski definition) is 1. The van der Waals surface area contributed by atoms with Crippen molar-refractivity contribution in [1.29, 1.82) is 0 Å². The van der Waals surface area contributed by atoms with Crippen LogP contribution in [0.3, 0.4) is 0 Å². The van der Waals surface area contributed by atoms with Crippen molar-refractivity contribution >= 4 is 50.7 Å². The summed E-state index contributed by atoms with van der Waals surface area (Å²) in [5.41, 5.74) is 1.11. The topological polar surface area (TPSA) is 86.8 Å². The number of benzene rings is 3. The van der Waals surface area contributed by atoms with Crippen LogP contribution < -0.4 is 9.62 Å². The van der Waals surface area contributed by atoms with Crippen molar-refractivity contribution in [3.05, 3.63) is 94.5 Å². The van der Waals surface area contributed by atoms with Crippen molar-refractivity contribution in [3.63, 3.8) is 0 Å². The van der Waals surface area contributed by atoms with E-state index in [2.05, 4.69) is 5.32 Å². The van der Waals surface area contributed by atoms with Gasteiger partial charge in [0.15, 0.2) is 0 Å². The Morgan fingerprint density at radius 1 is 0.900 bits per heavy atom. The Balaban J connectivity index is 2.03. The highest BCUT2D eigenvalue weighted by Gasteiger charge is 2.34. The minimum atomic E-state index is -4.20. The monoisotopic (exact) mass is 603 g/mol. The molecule has 40 heavy (non-hydrogen) atoms. The SMILES string of the molecule is CCC(C)NC(=O)C(CC)N(CCc1ccccc1)C(=O)CN(c1ccc(Cl)cc1Cl)S(=O)(=O)c1ccccc1. The Labute approximate surface area is 247 Å². The van der Waals surface area contributed by atoms with Gasteiger partial charge in [0.1, 0.15) is 12.6 Å². The summed E-state index contributed by atoms with van der Waals surface area (Å²) < 4.78 is 28.7. The first-order valence-electron chi connectivity index (χ1n) is 13.2. The molecule has 0 aliphatic carbocycles. The average molecular weight is 605 g/mol. The smallest absolute Gasteiger partial charge is 0.264 e. The van der Waals surface area contributed by atoms with Crippen LogP contribution in [0, 0.1) is 0 Å². The summed E-state index contributed by atoms with van der Waals surface area (Å²) in [6.45, 7) is 5.37. The molecular weight excluding hydrogens is 569 g/mol.